The molecule has 0 aliphatic rings. The third-order valence-electron chi connectivity index (χ3n) is 4.64. The minimum Gasteiger partial charge on any atom is -0.487 e. The van der Waals surface area contributed by atoms with Crippen molar-refractivity contribution >= 4 is 5.97 Å². The first-order valence-electron chi connectivity index (χ1n) is 10.8. The molecule has 0 fully saturated rings. The second kappa shape index (κ2) is 10.9. The highest BCUT2D eigenvalue weighted by Crippen LogP contribution is 2.31. The van der Waals surface area contributed by atoms with Gasteiger partial charge in [0.2, 0.25) is 11.8 Å². The van der Waals surface area contributed by atoms with E-state index in [0.717, 1.165) is 11.8 Å². The fraction of sp³-hybridized carbons (Fsp3) is 0.360. The van der Waals surface area contributed by atoms with Crippen LogP contribution in [0.5, 0.6) is 17.5 Å². The van der Waals surface area contributed by atoms with E-state index in [0.29, 0.717) is 24.5 Å². The van der Waals surface area contributed by atoms with Crippen LogP contribution >= 0.6 is 0 Å². The number of carboxylic acids is 1. The van der Waals surface area contributed by atoms with Crippen molar-refractivity contribution in [2.75, 3.05) is 13.7 Å². The molecule has 0 radical (unpaired) electrons. The lowest BCUT2D eigenvalue weighted by Gasteiger charge is -2.20. The van der Waals surface area contributed by atoms with Gasteiger partial charge in [0.15, 0.2) is 5.82 Å². The number of pyridine rings is 1. The lowest BCUT2D eigenvalue weighted by Crippen LogP contribution is -2.18. The summed E-state index contributed by atoms with van der Waals surface area (Å²) in [6.45, 7) is 6.49. The number of rotatable bonds is 10. The number of carbonyl (C=O) groups is 1. The number of hydrogen-bond acceptors (Lipinski definition) is 7. The highest BCUT2D eigenvalue weighted by molar-refractivity contribution is 5.67. The lowest BCUT2D eigenvalue weighted by atomic mass is 9.99. The third kappa shape index (κ3) is 7.13. The Kier molecular flexibility index (Phi) is 7.99. The van der Waals surface area contributed by atoms with Gasteiger partial charge in [0.05, 0.1) is 26.1 Å². The molecule has 0 amide bonds. The van der Waals surface area contributed by atoms with Crippen LogP contribution in [-0.2, 0) is 17.8 Å². The number of hydrogen-bond donors (Lipinski definition) is 1. The van der Waals surface area contributed by atoms with E-state index in [-0.39, 0.29) is 41.5 Å². The Morgan fingerprint density at radius 1 is 1.12 bits per heavy atom. The Labute approximate surface area is 197 Å². The van der Waals surface area contributed by atoms with Crippen molar-refractivity contribution in [3.8, 4) is 28.8 Å². The Hall–Kier alpha value is -3.75. The maximum atomic E-state index is 14.6. The Morgan fingerprint density at radius 3 is 2.62 bits per heavy atom. The maximum Gasteiger partial charge on any atom is 0.303 e. The van der Waals surface area contributed by atoms with Crippen molar-refractivity contribution < 1.29 is 28.5 Å². The number of aromatic nitrogens is 3. The molecule has 34 heavy (non-hydrogen) atoms. The van der Waals surface area contributed by atoms with Gasteiger partial charge in [0, 0.05) is 18.1 Å². The van der Waals surface area contributed by atoms with Gasteiger partial charge in [-0.25, -0.2) is 19.3 Å². The number of carboxylic acid groups (broad SMARTS) is 1. The molecule has 3 rings (SSSR count). The van der Waals surface area contributed by atoms with Gasteiger partial charge in [-0.3, -0.25) is 4.79 Å². The van der Waals surface area contributed by atoms with E-state index < -0.39 is 11.8 Å². The molecule has 2 aromatic heterocycles. The van der Waals surface area contributed by atoms with Crippen LogP contribution in [0.25, 0.3) is 11.3 Å². The molecule has 9 heteroatoms. The molecule has 2 heterocycles. The first-order chi connectivity index (χ1) is 16.1. The van der Waals surface area contributed by atoms with Gasteiger partial charge in [-0.2, -0.15) is 0 Å². The van der Waals surface area contributed by atoms with E-state index in [1.54, 1.807) is 18.2 Å². The number of benzene rings is 1. The first kappa shape index (κ1) is 24.9. The third-order valence-corrected chi connectivity index (χ3v) is 4.64. The largest absolute Gasteiger partial charge is 0.487 e. The number of aliphatic carboxylic acids is 1. The maximum absolute atomic E-state index is 14.6. The van der Waals surface area contributed by atoms with Crippen LogP contribution in [0.4, 0.5) is 4.39 Å². The fourth-order valence-corrected chi connectivity index (χ4v) is 2.96. The molecule has 0 spiro atoms. The standard InChI is InChI=1S/C25H28FN3O5/c1-25(2,3)15-34-24-23(19-11-21(32-4)27-13-20(19)26)28-12-17(29-24)14-33-18-7-5-6-16(10-18)8-9-22(30)31/h5-7,10-13H,8-9,14-15H2,1-4H3,(H,30,31). The number of methoxy groups -OCH3 is 1. The Bertz CT molecular complexity index is 1150. The zero-order valence-electron chi connectivity index (χ0n) is 19.7. The van der Waals surface area contributed by atoms with Crippen molar-refractivity contribution in [1.82, 2.24) is 15.0 Å². The Balaban J connectivity index is 1.84. The summed E-state index contributed by atoms with van der Waals surface area (Å²) in [4.78, 5) is 23.6. The summed E-state index contributed by atoms with van der Waals surface area (Å²) in [6, 6.07) is 8.67. The van der Waals surface area contributed by atoms with Gasteiger partial charge in [0.25, 0.3) is 0 Å². The second-order valence-corrected chi connectivity index (χ2v) is 8.90. The van der Waals surface area contributed by atoms with Gasteiger partial charge in [-0.15, -0.1) is 0 Å². The molecule has 0 aliphatic carbocycles. The monoisotopic (exact) mass is 469 g/mol. The highest BCUT2D eigenvalue weighted by atomic mass is 19.1. The predicted octanol–water partition coefficient (Wildman–Crippen LogP) is 4.71. The molecule has 8 nitrogen and oxygen atoms in total. The van der Waals surface area contributed by atoms with E-state index in [1.165, 1.54) is 19.4 Å². The zero-order chi connectivity index (χ0) is 24.7. The van der Waals surface area contributed by atoms with Crippen LogP contribution in [-0.4, -0.2) is 39.7 Å². The summed E-state index contributed by atoms with van der Waals surface area (Å²) in [5, 5.41) is 8.87. The molecule has 0 bridgehead atoms. The Morgan fingerprint density at radius 2 is 1.91 bits per heavy atom. The molecule has 0 saturated heterocycles. The quantitative estimate of drug-likeness (QED) is 0.455. The van der Waals surface area contributed by atoms with Crippen molar-refractivity contribution in [2.45, 2.75) is 40.2 Å². The topological polar surface area (TPSA) is 104 Å². The second-order valence-electron chi connectivity index (χ2n) is 8.90. The van der Waals surface area contributed by atoms with Crippen LogP contribution < -0.4 is 14.2 Å². The molecule has 0 atom stereocenters. The van der Waals surface area contributed by atoms with Crippen LogP contribution in [0.2, 0.25) is 0 Å². The average Bonchev–Trinajstić information content (AvgIpc) is 2.80. The van der Waals surface area contributed by atoms with Crippen molar-refractivity contribution in [3.05, 3.63) is 59.8 Å². The van der Waals surface area contributed by atoms with Crippen molar-refractivity contribution in [2.24, 2.45) is 5.41 Å². The van der Waals surface area contributed by atoms with E-state index in [4.69, 9.17) is 19.3 Å². The van der Waals surface area contributed by atoms with Crippen LogP contribution in [0.3, 0.4) is 0 Å². The number of ether oxygens (including phenoxy) is 3. The van der Waals surface area contributed by atoms with Crippen LogP contribution in [0, 0.1) is 11.2 Å². The molecular weight excluding hydrogens is 441 g/mol. The van der Waals surface area contributed by atoms with E-state index in [9.17, 15) is 9.18 Å². The van der Waals surface area contributed by atoms with E-state index >= 15 is 0 Å². The molecule has 3 aromatic rings. The van der Waals surface area contributed by atoms with Crippen molar-refractivity contribution in [1.29, 1.82) is 0 Å². The minimum absolute atomic E-state index is 0.0429. The SMILES string of the molecule is COc1cc(-c2ncc(COc3cccc(CCC(=O)O)c3)nc2OCC(C)(C)C)c(F)cn1. The summed E-state index contributed by atoms with van der Waals surface area (Å²) < 4.78 is 31.5. The summed E-state index contributed by atoms with van der Waals surface area (Å²) >= 11 is 0. The number of aryl methyl sites for hydroxylation is 1. The summed E-state index contributed by atoms with van der Waals surface area (Å²) in [5.74, 6) is -0.421. The van der Waals surface area contributed by atoms with Gasteiger partial charge < -0.3 is 19.3 Å². The van der Waals surface area contributed by atoms with Crippen LogP contribution in [0.15, 0.2) is 42.7 Å². The van der Waals surface area contributed by atoms with Gasteiger partial charge in [-0.1, -0.05) is 32.9 Å². The van der Waals surface area contributed by atoms with Crippen LogP contribution in [0.1, 0.15) is 38.4 Å². The van der Waals surface area contributed by atoms with Gasteiger partial charge >= 0.3 is 5.97 Å². The summed E-state index contributed by atoms with van der Waals surface area (Å²) in [6.07, 6.45) is 3.02. The zero-order valence-corrected chi connectivity index (χ0v) is 19.7. The normalized spacial score (nSPS) is 11.2. The highest BCUT2D eigenvalue weighted by Gasteiger charge is 2.20. The average molecular weight is 470 g/mol. The van der Waals surface area contributed by atoms with E-state index in [1.807, 2.05) is 26.8 Å². The molecule has 1 aromatic carbocycles. The summed E-state index contributed by atoms with van der Waals surface area (Å²) in [7, 11) is 1.45. The number of nitrogens with zero attached hydrogens (tertiary/aromatic N) is 3. The first-order valence-corrected chi connectivity index (χ1v) is 10.8. The van der Waals surface area contributed by atoms with E-state index in [2.05, 4.69) is 15.0 Å². The van der Waals surface area contributed by atoms with Gasteiger partial charge in [-0.05, 0) is 29.5 Å². The molecule has 0 unspecified atom stereocenters. The molecule has 180 valence electrons. The molecular formula is C25H28FN3O5. The molecule has 0 saturated carbocycles. The molecule has 0 aliphatic heterocycles. The lowest BCUT2D eigenvalue weighted by molar-refractivity contribution is -0.136. The smallest absolute Gasteiger partial charge is 0.303 e. The summed E-state index contributed by atoms with van der Waals surface area (Å²) in [5.41, 5.74) is 1.60. The molecule has 1 N–H and O–H groups in total. The fourth-order valence-electron chi connectivity index (χ4n) is 2.96. The predicted molar refractivity (Wildman–Crippen MR) is 123 cm³/mol. The minimum atomic E-state index is -0.854. The number of halogens is 1. The van der Waals surface area contributed by atoms with Crippen molar-refractivity contribution in [3.63, 3.8) is 0 Å². The van der Waals surface area contributed by atoms with Gasteiger partial charge in [0.1, 0.15) is 23.7 Å².